The Hall–Kier alpha value is -5.30. The van der Waals surface area contributed by atoms with Crippen LogP contribution in [0.1, 0.15) is 83.8 Å². The number of nitrogens with two attached hydrogens (primary N) is 1. The number of fused-ring (bicyclic) bond motifs is 1. The largest absolute Gasteiger partial charge is 0.756 e. The average molecular weight is 1180 g/mol. The average Bonchev–Trinajstić information content (AvgIpc) is 2.78. The van der Waals surface area contributed by atoms with E-state index in [-0.39, 0.29) is 56.9 Å². The summed E-state index contributed by atoms with van der Waals surface area (Å²) in [6, 6.07) is 36.6. The number of aliphatic hydroxyl groups excluding tert-OH is 1. The summed E-state index contributed by atoms with van der Waals surface area (Å²) in [5.74, 6) is -0.839. The van der Waals surface area contributed by atoms with Crippen molar-refractivity contribution in [3.8, 4) is 0 Å². The van der Waals surface area contributed by atoms with E-state index in [1.54, 1.807) is 18.7 Å². The van der Waals surface area contributed by atoms with Gasteiger partial charge in [-0.3, -0.25) is 27.7 Å². The van der Waals surface area contributed by atoms with Crippen molar-refractivity contribution in [3.63, 3.8) is 0 Å². The third kappa shape index (κ3) is 11.9. The molecule has 0 saturated carbocycles. The first kappa shape index (κ1) is 58.5. The third-order valence-corrected chi connectivity index (χ3v) is 20.1. The third-order valence-electron chi connectivity index (χ3n) is 17.4. The highest BCUT2D eigenvalue weighted by Gasteiger charge is 2.49. The van der Waals surface area contributed by atoms with E-state index in [1.165, 1.54) is 18.1 Å². The van der Waals surface area contributed by atoms with Gasteiger partial charge in [0.2, 0.25) is 0 Å². The van der Waals surface area contributed by atoms with E-state index >= 15 is 0 Å². The summed E-state index contributed by atoms with van der Waals surface area (Å²) >= 11 is 0. The predicted molar refractivity (Wildman–Crippen MR) is 317 cm³/mol. The van der Waals surface area contributed by atoms with Crippen LogP contribution >= 0.6 is 23.5 Å². The molecule has 6 N–H and O–H groups in total. The van der Waals surface area contributed by atoms with Gasteiger partial charge in [0, 0.05) is 13.0 Å². The molecule has 0 spiro atoms. The molecular formula is C60H69N5O14P3-. The Bertz CT molecular complexity index is 3830. The fourth-order valence-electron chi connectivity index (χ4n) is 13.0. The molecule has 0 bridgehead atoms. The zero-order valence-electron chi connectivity index (χ0n) is 46.2. The fourth-order valence-corrected chi connectivity index (χ4v) is 16.0. The smallest absolute Gasteiger partial charge is 0.472 e. The molecule has 3 heterocycles. The Morgan fingerprint density at radius 2 is 1.17 bits per heavy atom. The Morgan fingerprint density at radius 1 is 0.671 bits per heavy atom. The van der Waals surface area contributed by atoms with Gasteiger partial charge in [-0.15, -0.1) is 0 Å². The lowest BCUT2D eigenvalue weighted by Crippen LogP contribution is -2.47. The molecule has 1 fully saturated rings. The molecule has 1 saturated heterocycles. The summed E-state index contributed by atoms with van der Waals surface area (Å²) < 4.78 is 76.8. The second-order valence-corrected chi connectivity index (χ2v) is 26.2. The number of benzene rings is 8. The number of hydrogen-bond acceptors (Lipinski definition) is 16. The summed E-state index contributed by atoms with van der Waals surface area (Å²) in [5.41, 5.74) is 5.46. The van der Waals surface area contributed by atoms with Crippen molar-refractivity contribution in [2.75, 3.05) is 19.8 Å². The number of amidine groups is 1. The van der Waals surface area contributed by atoms with E-state index in [4.69, 9.17) is 33.1 Å². The molecule has 0 radical (unpaired) electrons. The van der Waals surface area contributed by atoms with Crippen molar-refractivity contribution in [2.24, 2.45) is 32.5 Å². The number of ether oxygens (including phenoxy) is 1. The molecule has 10 unspecified atom stereocenters. The molecule has 0 aromatic heterocycles. The number of hydrogen-bond donors (Lipinski definition) is 5. The summed E-state index contributed by atoms with van der Waals surface area (Å²) in [4.78, 5) is 60.4. The van der Waals surface area contributed by atoms with Gasteiger partial charge in [-0.1, -0.05) is 137 Å². The summed E-state index contributed by atoms with van der Waals surface area (Å²) in [5, 5.41) is 23.9. The number of phosphoric acid groups is 3. The molecule has 11 rings (SSSR count). The maximum atomic E-state index is 14.4. The van der Waals surface area contributed by atoms with Gasteiger partial charge in [0.25, 0.3) is 7.82 Å². The van der Waals surface area contributed by atoms with Crippen molar-refractivity contribution < 1.29 is 65.7 Å². The second kappa shape index (κ2) is 23.3. The van der Waals surface area contributed by atoms with Crippen LogP contribution in [0.4, 0.5) is 0 Å². The molecule has 0 aliphatic carbocycles. The topological polar surface area (TPSA) is 277 Å². The zero-order chi connectivity index (χ0) is 57.8. The summed E-state index contributed by atoms with van der Waals surface area (Å²) in [6.45, 7) is 5.88. The first-order valence-electron chi connectivity index (χ1n) is 28.1. The molecule has 82 heavy (non-hydrogen) atoms. The lowest BCUT2D eigenvalue weighted by Gasteiger charge is -2.38. The Morgan fingerprint density at radius 3 is 1.71 bits per heavy atom. The minimum Gasteiger partial charge on any atom is -0.756 e. The van der Waals surface area contributed by atoms with Crippen LogP contribution in [0.3, 0.4) is 0 Å². The predicted octanol–water partition coefficient (Wildman–Crippen LogP) is 11.1. The van der Waals surface area contributed by atoms with Gasteiger partial charge in [0.1, 0.15) is 36.7 Å². The number of rotatable bonds is 26. The Kier molecular flexibility index (Phi) is 16.6. The van der Waals surface area contributed by atoms with E-state index in [1.807, 2.05) is 50.2 Å². The maximum Gasteiger partial charge on any atom is 0.472 e. The van der Waals surface area contributed by atoms with Crippen LogP contribution in [0, 0.1) is 11.8 Å². The molecule has 3 aliphatic rings. The van der Waals surface area contributed by atoms with Crippen LogP contribution in [0.25, 0.3) is 64.6 Å². The van der Waals surface area contributed by atoms with E-state index < -0.39 is 84.4 Å². The van der Waals surface area contributed by atoms with Crippen LogP contribution in [0.15, 0.2) is 124 Å². The van der Waals surface area contributed by atoms with E-state index in [9.17, 15) is 38.4 Å². The molecule has 8 aromatic carbocycles. The quantitative estimate of drug-likeness (QED) is 0.0249. The molecule has 434 valence electrons. The molecule has 10 atom stereocenters. The van der Waals surface area contributed by atoms with E-state index in [0.717, 1.165) is 70.4 Å². The van der Waals surface area contributed by atoms with Crippen molar-refractivity contribution >= 4 is 107 Å². The number of nitrogens with zero attached hydrogens (tertiary/aromatic N) is 4. The number of phosphoric ester groups is 3. The minimum atomic E-state index is -5.25. The molecule has 0 amide bonds. The molecule has 3 aliphatic heterocycles. The van der Waals surface area contributed by atoms with E-state index in [0.29, 0.717) is 19.3 Å². The minimum absolute atomic E-state index is 0.00843. The fraction of sp³-hybridized carbons (Fsp3) is 0.417. The normalized spacial score (nSPS) is 22.6. The highest BCUT2D eigenvalue weighted by molar-refractivity contribution is 7.47. The zero-order valence-corrected chi connectivity index (χ0v) is 48.8. The number of aliphatic hydroxyl groups is 1. The first-order valence-corrected chi connectivity index (χ1v) is 32.6. The van der Waals surface area contributed by atoms with Crippen LogP contribution in [-0.4, -0.2) is 105 Å². The Labute approximate surface area is 475 Å². The standard InChI is InChI=1S/C60H70N5O14P3/c1-5-59(6-2,78-80(67,68)69)31-38(28-46-22-20-44-18-16-40-12-10-14-42-24-26-48(46)55(44)53(40)42)33-74-81(70,71)77-49-29-51(65-36-64-56-57(61)62-35-63-58(56)65)76-50(49)34-75-82(72,73)79-60(7-3,8-4)30-37(32-66)27-45-21-19-43-17-15-39-11-9-13-41-23-25-47(45)54(43)52(39)41/h9-26,35-38,49-51,56,58,66H,5-8,27-34H2,1-4H3,(H,70,71)(H,72,73)(H2,61,62,63)(H2,67,68,69)/p-1. The van der Waals surface area contributed by atoms with Crippen molar-refractivity contribution in [1.29, 1.82) is 0 Å². The lowest BCUT2D eigenvalue weighted by molar-refractivity contribution is -0.233. The van der Waals surface area contributed by atoms with E-state index in [2.05, 4.69) is 87.8 Å². The summed E-state index contributed by atoms with van der Waals surface area (Å²) in [6.07, 6.45) is 0.378. The Balaban J connectivity index is 0.824. The van der Waals surface area contributed by atoms with Crippen LogP contribution < -0.4 is 10.6 Å². The van der Waals surface area contributed by atoms with Gasteiger partial charge in [-0.05, 0) is 139 Å². The highest BCUT2D eigenvalue weighted by Crippen LogP contribution is 2.54. The van der Waals surface area contributed by atoms with Gasteiger partial charge < -0.3 is 44.6 Å². The van der Waals surface area contributed by atoms with Crippen LogP contribution in [0.5, 0.6) is 0 Å². The maximum absolute atomic E-state index is 14.4. The van der Waals surface area contributed by atoms with Gasteiger partial charge in [0.15, 0.2) is 6.17 Å². The van der Waals surface area contributed by atoms with Crippen molar-refractivity contribution in [1.82, 2.24) is 4.90 Å². The number of aliphatic imine (C=N–C) groups is 3. The molecule has 22 heteroatoms. The lowest BCUT2D eigenvalue weighted by atomic mass is 9.82. The van der Waals surface area contributed by atoms with Gasteiger partial charge in [-0.2, -0.15) is 0 Å². The van der Waals surface area contributed by atoms with Gasteiger partial charge >= 0.3 is 15.6 Å². The molecular weight excluding hydrogens is 1110 g/mol. The van der Waals surface area contributed by atoms with Gasteiger partial charge in [-0.25, -0.2) is 19.1 Å². The highest BCUT2D eigenvalue weighted by atomic mass is 31.2. The second-order valence-electron chi connectivity index (χ2n) is 22.3. The molecule has 8 aromatic rings. The monoisotopic (exact) mass is 1180 g/mol. The van der Waals surface area contributed by atoms with Gasteiger partial charge in [0.05, 0.1) is 30.8 Å². The van der Waals surface area contributed by atoms with Crippen molar-refractivity contribution in [3.05, 3.63) is 120 Å². The molecule has 19 nitrogen and oxygen atoms in total. The SMILES string of the molecule is CCC(CC)(CC(COP(=O)(O)OC1CC(N2C=NC3C(N)=NC=NC32)OC1COP(=O)(O)OC(CC)(CC)CC(CO)Cc1ccc2ccc3cccc4ccc1c2c34)Cc1ccc2ccc3cccc4ccc1c2c34)OP(=O)([O-])O. The van der Waals surface area contributed by atoms with Crippen LogP contribution in [0.2, 0.25) is 0 Å². The first-order chi connectivity index (χ1) is 39.3. The van der Waals surface area contributed by atoms with Crippen molar-refractivity contribution in [2.45, 2.75) is 127 Å². The summed E-state index contributed by atoms with van der Waals surface area (Å²) in [7, 11) is -15.3. The van der Waals surface area contributed by atoms with Crippen LogP contribution in [-0.2, 0) is 53.9 Å².